The minimum Gasteiger partial charge on any atom is -0.480 e. The number of carboxylic acid groups (broad SMARTS) is 1. The number of nitrogens with two attached hydrogens (primary N) is 2. The molecule has 0 bridgehead atoms. The maximum absolute atomic E-state index is 12.9. The predicted molar refractivity (Wildman–Crippen MR) is 179 cm³/mol. The fourth-order valence-electron chi connectivity index (χ4n) is 6.76. The van der Waals surface area contributed by atoms with Crippen LogP contribution in [0.5, 0.6) is 0 Å². The van der Waals surface area contributed by atoms with Crippen LogP contribution in [-0.4, -0.2) is 72.8 Å². The number of carbonyl (C=O) groups excluding carboxylic acids is 2. The van der Waals surface area contributed by atoms with Crippen molar-refractivity contribution in [1.29, 1.82) is 0 Å². The summed E-state index contributed by atoms with van der Waals surface area (Å²) in [6.07, 6.45) is 0.369. The molecule has 0 radical (unpaired) electrons. The lowest BCUT2D eigenvalue weighted by molar-refractivity contribution is -0.146. The minimum atomic E-state index is -1.03. The molecule has 4 aromatic rings. The highest BCUT2D eigenvalue weighted by Gasteiger charge is 2.31. The Hall–Kier alpha value is -4.83. The van der Waals surface area contributed by atoms with Crippen molar-refractivity contribution in [1.82, 2.24) is 4.90 Å². The van der Waals surface area contributed by atoms with Crippen LogP contribution in [0.3, 0.4) is 0 Å². The summed E-state index contributed by atoms with van der Waals surface area (Å²) in [6, 6.07) is 30.5. The molecule has 5 N–H and O–H groups in total. The number of aliphatic carboxylic acids is 1. The van der Waals surface area contributed by atoms with Crippen molar-refractivity contribution < 1.29 is 29.0 Å². The molecule has 0 saturated carbocycles. The molecular formula is C38H39N3O6. The zero-order chi connectivity index (χ0) is 32.9. The first kappa shape index (κ1) is 32.1. The topological polar surface area (TPSA) is 145 Å². The van der Waals surface area contributed by atoms with E-state index < -0.39 is 30.0 Å². The maximum Gasteiger partial charge on any atom is 0.322 e. The average molecular weight is 634 g/mol. The molecule has 0 amide bonds. The fourth-order valence-corrected chi connectivity index (χ4v) is 6.76. The van der Waals surface area contributed by atoms with Crippen LogP contribution in [0.15, 0.2) is 97.1 Å². The monoisotopic (exact) mass is 633 g/mol. The number of hydrogen-bond donors (Lipinski definition) is 3. The van der Waals surface area contributed by atoms with Crippen molar-refractivity contribution in [3.63, 3.8) is 0 Å². The second kappa shape index (κ2) is 14.3. The van der Waals surface area contributed by atoms with Crippen LogP contribution in [0.1, 0.15) is 46.9 Å². The number of benzene rings is 4. The lowest BCUT2D eigenvalue weighted by Gasteiger charge is -2.23. The highest BCUT2D eigenvalue weighted by atomic mass is 16.5. The molecule has 0 fully saturated rings. The second-order valence-electron chi connectivity index (χ2n) is 12.2. The lowest BCUT2D eigenvalue weighted by atomic mass is 9.98. The zero-order valence-electron chi connectivity index (χ0n) is 26.1. The van der Waals surface area contributed by atoms with Crippen LogP contribution in [0.4, 0.5) is 0 Å². The summed E-state index contributed by atoms with van der Waals surface area (Å²) < 4.78 is 11.4. The fraction of sp³-hybridized carbons (Fsp3) is 0.289. The average Bonchev–Trinajstić information content (AvgIpc) is 3.59. The molecule has 242 valence electrons. The van der Waals surface area contributed by atoms with Crippen molar-refractivity contribution in [3.8, 4) is 22.3 Å². The Morgan fingerprint density at radius 1 is 0.596 bits per heavy atom. The van der Waals surface area contributed by atoms with Gasteiger partial charge in [0.2, 0.25) is 0 Å². The first-order valence-electron chi connectivity index (χ1n) is 16.0. The molecule has 0 aliphatic heterocycles. The van der Waals surface area contributed by atoms with Crippen molar-refractivity contribution in [2.45, 2.75) is 36.8 Å². The number of hydrogen-bond acceptors (Lipinski definition) is 8. The van der Waals surface area contributed by atoms with Crippen molar-refractivity contribution in [2.75, 3.05) is 32.8 Å². The number of nitrogens with zero attached hydrogens (tertiary/aromatic N) is 1. The van der Waals surface area contributed by atoms with Crippen LogP contribution in [0, 0.1) is 0 Å². The van der Waals surface area contributed by atoms with Gasteiger partial charge in [0, 0.05) is 24.9 Å². The number of fused-ring (bicyclic) bond motifs is 6. The Morgan fingerprint density at radius 2 is 0.915 bits per heavy atom. The molecule has 6 rings (SSSR count). The summed E-state index contributed by atoms with van der Waals surface area (Å²) in [4.78, 5) is 39.0. The largest absolute Gasteiger partial charge is 0.480 e. The van der Waals surface area contributed by atoms with Gasteiger partial charge in [-0.15, -0.1) is 0 Å². The normalized spacial score (nSPS) is 14.5. The van der Waals surface area contributed by atoms with E-state index >= 15 is 0 Å². The third-order valence-corrected chi connectivity index (χ3v) is 9.19. The van der Waals surface area contributed by atoms with Gasteiger partial charge in [-0.1, -0.05) is 97.1 Å². The van der Waals surface area contributed by atoms with E-state index in [0.717, 1.165) is 44.5 Å². The maximum atomic E-state index is 12.9. The Kier molecular flexibility index (Phi) is 9.77. The number of esters is 2. The Bertz CT molecular complexity index is 1560. The molecule has 2 unspecified atom stereocenters. The summed E-state index contributed by atoms with van der Waals surface area (Å²) >= 11 is 0. The molecule has 2 aliphatic carbocycles. The zero-order valence-corrected chi connectivity index (χ0v) is 26.1. The molecule has 0 aromatic heterocycles. The van der Waals surface area contributed by atoms with Gasteiger partial charge in [0.25, 0.3) is 0 Å². The van der Waals surface area contributed by atoms with Crippen molar-refractivity contribution in [3.05, 3.63) is 119 Å². The number of carbonyl (C=O) groups is 3. The van der Waals surface area contributed by atoms with Crippen LogP contribution in [-0.2, 0) is 23.9 Å². The van der Waals surface area contributed by atoms with Crippen molar-refractivity contribution in [2.24, 2.45) is 11.5 Å². The van der Waals surface area contributed by atoms with E-state index in [4.69, 9.17) is 20.9 Å². The van der Waals surface area contributed by atoms with Crippen molar-refractivity contribution >= 4 is 17.9 Å². The summed E-state index contributed by atoms with van der Waals surface area (Å²) in [5.41, 5.74) is 21.3. The highest BCUT2D eigenvalue weighted by Crippen LogP contribution is 2.45. The molecule has 0 spiro atoms. The van der Waals surface area contributed by atoms with Gasteiger partial charge in [0.05, 0.1) is 6.54 Å². The molecule has 47 heavy (non-hydrogen) atoms. The van der Waals surface area contributed by atoms with Crippen LogP contribution in [0.2, 0.25) is 0 Å². The standard InChI is InChI=1S/C38H39N3O6/c39-34(37(44)46-22-32-28-13-5-1-9-24(28)25-10-2-6-14-29(25)32)17-19-41(21-36(42)43)20-18-35(40)38(45)47-23-33-30-15-7-3-11-26(30)27-12-4-8-16-31(27)33/h1-16,32-35H,17-23,39-40H2,(H,42,43). The second-order valence-corrected chi connectivity index (χ2v) is 12.2. The summed E-state index contributed by atoms with van der Waals surface area (Å²) in [6.45, 7) is 0.474. The highest BCUT2D eigenvalue weighted by molar-refractivity contribution is 5.81. The van der Waals surface area contributed by atoms with E-state index in [2.05, 4.69) is 24.3 Å². The molecule has 2 aliphatic rings. The van der Waals surface area contributed by atoms with E-state index in [-0.39, 0.29) is 57.5 Å². The van der Waals surface area contributed by atoms with Crippen LogP contribution in [0.25, 0.3) is 22.3 Å². The van der Waals surface area contributed by atoms with E-state index in [1.807, 2.05) is 72.8 Å². The molecule has 2 atom stereocenters. The Morgan fingerprint density at radius 3 is 1.23 bits per heavy atom. The Balaban J connectivity index is 0.982. The van der Waals surface area contributed by atoms with E-state index in [1.54, 1.807) is 4.90 Å². The van der Waals surface area contributed by atoms with Crippen LogP contribution >= 0.6 is 0 Å². The molecule has 4 aromatic carbocycles. The van der Waals surface area contributed by atoms with E-state index in [9.17, 15) is 19.5 Å². The molecule has 9 heteroatoms. The minimum absolute atomic E-state index is 0.0820. The quantitative estimate of drug-likeness (QED) is 0.171. The lowest BCUT2D eigenvalue weighted by Crippen LogP contribution is -2.41. The predicted octanol–water partition coefficient (Wildman–Crippen LogP) is 4.52. The third-order valence-electron chi connectivity index (χ3n) is 9.19. The number of carboxylic acids is 1. The van der Waals surface area contributed by atoms with E-state index in [1.165, 1.54) is 0 Å². The summed E-state index contributed by atoms with van der Waals surface area (Å²) in [5, 5.41) is 9.48. The molecule has 0 saturated heterocycles. The first-order valence-corrected chi connectivity index (χ1v) is 16.0. The van der Waals surface area contributed by atoms with Gasteiger partial charge in [-0.25, -0.2) is 0 Å². The van der Waals surface area contributed by atoms with Gasteiger partial charge in [-0.05, 0) is 57.3 Å². The van der Waals surface area contributed by atoms with Gasteiger partial charge in [0.1, 0.15) is 25.3 Å². The number of ether oxygens (including phenoxy) is 2. The van der Waals surface area contributed by atoms with Gasteiger partial charge in [0.15, 0.2) is 0 Å². The van der Waals surface area contributed by atoms with E-state index in [0.29, 0.717) is 0 Å². The van der Waals surface area contributed by atoms with Crippen LogP contribution < -0.4 is 11.5 Å². The third kappa shape index (κ3) is 6.97. The Labute approximate surface area is 274 Å². The summed E-state index contributed by atoms with van der Waals surface area (Å²) in [5.74, 6) is -2.28. The van der Waals surface area contributed by atoms with Gasteiger partial charge < -0.3 is 26.0 Å². The number of rotatable bonds is 14. The first-order chi connectivity index (χ1) is 22.8. The molecular weight excluding hydrogens is 594 g/mol. The van der Waals surface area contributed by atoms with Gasteiger partial charge >= 0.3 is 17.9 Å². The smallest absolute Gasteiger partial charge is 0.322 e. The molecule has 0 heterocycles. The SMILES string of the molecule is NC(CCN(CCC(N)C(=O)OCC1c2ccccc2-c2ccccc21)CC(=O)O)C(=O)OCC1c2ccccc2-c2ccccc21. The van der Waals surface area contributed by atoms with Gasteiger partial charge in [-0.2, -0.15) is 0 Å². The molecule has 9 nitrogen and oxygen atoms in total. The summed E-state index contributed by atoms with van der Waals surface area (Å²) in [7, 11) is 0. The van der Waals surface area contributed by atoms with Gasteiger partial charge in [-0.3, -0.25) is 19.3 Å².